The van der Waals surface area contributed by atoms with Crippen LogP contribution in [0, 0.1) is 5.82 Å². The fourth-order valence-electron chi connectivity index (χ4n) is 1.64. The number of benzene rings is 1. The molecule has 0 spiro atoms. The normalized spacial score (nSPS) is 11.5. The van der Waals surface area contributed by atoms with Gasteiger partial charge in [0.25, 0.3) is 0 Å². The summed E-state index contributed by atoms with van der Waals surface area (Å²) < 4.78 is 44.5. The van der Waals surface area contributed by atoms with Crippen LogP contribution in [0.15, 0.2) is 35.5 Å². The van der Waals surface area contributed by atoms with Gasteiger partial charge in [-0.05, 0) is 18.2 Å². The van der Waals surface area contributed by atoms with Gasteiger partial charge in [-0.2, -0.15) is 0 Å². The Morgan fingerprint density at radius 3 is 2.85 bits per heavy atom. The quantitative estimate of drug-likeness (QED) is 0.836. The second-order valence-corrected chi connectivity index (χ2v) is 5.75. The summed E-state index contributed by atoms with van der Waals surface area (Å²) >= 11 is 0. The lowest BCUT2D eigenvalue weighted by Gasteiger charge is -2.07. The third-order valence-corrected chi connectivity index (χ3v) is 4.10. The minimum absolute atomic E-state index is 0.000430. The van der Waals surface area contributed by atoms with Crippen LogP contribution >= 0.6 is 0 Å². The Labute approximate surface area is 116 Å². The van der Waals surface area contributed by atoms with Gasteiger partial charge in [0, 0.05) is 25.4 Å². The van der Waals surface area contributed by atoms with Gasteiger partial charge in [-0.3, -0.25) is 0 Å². The third-order valence-electron chi connectivity index (χ3n) is 2.64. The summed E-state index contributed by atoms with van der Waals surface area (Å²) in [4.78, 5) is 6.70. The predicted octanol–water partition coefficient (Wildman–Crippen LogP) is 1.08. The van der Waals surface area contributed by atoms with E-state index in [0.29, 0.717) is 12.2 Å². The molecule has 0 aliphatic carbocycles. The van der Waals surface area contributed by atoms with Crippen molar-refractivity contribution in [2.24, 2.45) is 0 Å². The van der Waals surface area contributed by atoms with Gasteiger partial charge in [0.2, 0.25) is 10.0 Å². The molecule has 0 amide bonds. The first-order valence-electron chi connectivity index (χ1n) is 5.84. The first-order valence-corrected chi connectivity index (χ1v) is 7.33. The second-order valence-electron chi connectivity index (χ2n) is 3.98. The van der Waals surface area contributed by atoms with E-state index in [-0.39, 0.29) is 17.2 Å². The molecule has 0 aliphatic heterocycles. The Morgan fingerprint density at radius 1 is 1.45 bits per heavy atom. The molecule has 0 radical (unpaired) electrons. The molecule has 108 valence electrons. The van der Waals surface area contributed by atoms with E-state index in [1.807, 2.05) is 0 Å². The van der Waals surface area contributed by atoms with Crippen LogP contribution in [0.4, 0.5) is 4.39 Å². The molecule has 0 saturated heterocycles. The maximum Gasteiger partial charge on any atom is 0.240 e. The van der Waals surface area contributed by atoms with Crippen molar-refractivity contribution in [3.05, 3.63) is 42.2 Å². The van der Waals surface area contributed by atoms with Gasteiger partial charge in [0.15, 0.2) is 11.6 Å². The van der Waals surface area contributed by atoms with E-state index >= 15 is 0 Å². The molecule has 0 bridgehead atoms. The lowest BCUT2D eigenvalue weighted by Crippen LogP contribution is -2.26. The number of nitrogens with one attached hydrogen (secondary N) is 2. The molecule has 6 nitrogen and oxygen atoms in total. The second kappa shape index (κ2) is 6.02. The van der Waals surface area contributed by atoms with Crippen LogP contribution in [0.3, 0.4) is 0 Å². The molecule has 1 heterocycles. The number of hydrogen-bond acceptors (Lipinski definition) is 4. The zero-order valence-corrected chi connectivity index (χ0v) is 11.6. The fraction of sp³-hybridized carbons (Fsp3) is 0.250. The van der Waals surface area contributed by atoms with Crippen molar-refractivity contribution in [2.45, 2.75) is 11.3 Å². The fourth-order valence-corrected chi connectivity index (χ4v) is 2.68. The topological polar surface area (TPSA) is 84.1 Å². The Kier molecular flexibility index (Phi) is 4.35. The van der Waals surface area contributed by atoms with E-state index in [1.54, 1.807) is 12.4 Å². The van der Waals surface area contributed by atoms with Crippen molar-refractivity contribution in [3.8, 4) is 5.75 Å². The molecule has 0 aliphatic rings. The van der Waals surface area contributed by atoms with E-state index in [4.69, 9.17) is 4.74 Å². The highest BCUT2D eigenvalue weighted by atomic mass is 32.2. The van der Waals surface area contributed by atoms with E-state index < -0.39 is 15.8 Å². The van der Waals surface area contributed by atoms with E-state index in [9.17, 15) is 12.8 Å². The van der Waals surface area contributed by atoms with E-state index in [2.05, 4.69) is 14.7 Å². The van der Waals surface area contributed by atoms with E-state index in [0.717, 1.165) is 6.07 Å². The van der Waals surface area contributed by atoms with Crippen LogP contribution in [0.25, 0.3) is 0 Å². The molecule has 0 unspecified atom stereocenters. The molecule has 2 N–H and O–H groups in total. The number of nitrogens with zero attached hydrogens (tertiary/aromatic N) is 1. The molecule has 2 aromatic rings. The van der Waals surface area contributed by atoms with Crippen molar-refractivity contribution in [1.29, 1.82) is 0 Å². The smallest absolute Gasteiger partial charge is 0.240 e. The number of aromatic amines is 1. The molecule has 0 saturated carbocycles. The minimum atomic E-state index is -3.75. The van der Waals surface area contributed by atoms with Crippen molar-refractivity contribution in [3.63, 3.8) is 0 Å². The van der Waals surface area contributed by atoms with Gasteiger partial charge in [-0.15, -0.1) is 0 Å². The Balaban J connectivity index is 2.04. The molecule has 20 heavy (non-hydrogen) atoms. The molecule has 1 aromatic heterocycles. The molecular weight excluding hydrogens is 285 g/mol. The van der Waals surface area contributed by atoms with Crippen LogP contribution in [0.5, 0.6) is 5.75 Å². The maximum absolute atomic E-state index is 13.5. The number of aromatic nitrogens is 2. The number of hydrogen-bond donors (Lipinski definition) is 2. The zero-order valence-electron chi connectivity index (χ0n) is 10.8. The Hall–Kier alpha value is -1.93. The van der Waals surface area contributed by atoms with Gasteiger partial charge in [0.05, 0.1) is 12.0 Å². The highest BCUT2D eigenvalue weighted by Crippen LogP contribution is 2.20. The number of imidazole rings is 1. The lowest BCUT2D eigenvalue weighted by molar-refractivity contribution is 0.385. The predicted molar refractivity (Wildman–Crippen MR) is 70.4 cm³/mol. The van der Waals surface area contributed by atoms with Crippen LogP contribution in [0.2, 0.25) is 0 Å². The molecule has 0 atom stereocenters. The SMILES string of the molecule is COc1ccc(S(=O)(=O)NCCc2ncc[nH]2)cc1F. The van der Waals surface area contributed by atoms with Gasteiger partial charge < -0.3 is 9.72 Å². The van der Waals surface area contributed by atoms with Gasteiger partial charge in [-0.25, -0.2) is 22.5 Å². The lowest BCUT2D eigenvalue weighted by atomic mass is 10.3. The molecular formula is C12H14FN3O3S. The average molecular weight is 299 g/mol. The number of H-pyrrole nitrogens is 1. The molecule has 2 rings (SSSR count). The summed E-state index contributed by atoms with van der Waals surface area (Å²) in [5, 5.41) is 0. The number of halogens is 1. The summed E-state index contributed by atoms with van der Waals surface area (Å²) in [6.07, 6.45) is 3.66. The Morgan fingerprint density at radius 2 is 2.25 bits per heavy atom. The highest BCUT2D eigenvalue weighted by molar-refractivity contribution is 7.89. The summed E-state index contributed by atoms with van der Waals surface area (Å²) in [6, 6.07) is 3.49. The van der Waals surface area contributed by atoms with Crippen molar-refractivity contribution in [2.75, 3.05) is 13.7 Å². The first kappa shape index (κ1) is 14.5. The largest absolute Gasteiger partial charge is 0.494 e. The maximum atomic E-state index is 13.5. The van der Waals surface area contributed by atoms with Crippen molar-refractivity contribution >= 4 is 10.0 Å². The number of rotatable bonds is 6. The summed E-state index contributed by atoms with van der Waals surface area (Å²) in [6.45, 7) is 0.170. The van der Waals surface area contributed by atoms with Crippen molar-refractivity contribution in [1.82, 2.24) is 14.7 Å². The summed E-state index contributed by atoms with van der Waals surface area (Å²) in [5.41, 5.74) is 0. The summed E-state index contributed by atoms with van der Waals surface area (Å²) in [5.74, 6) is -0.0467. The Bertz CT molecular complexity index is 671. The van der Waals surface area contributed by atoms with Crippen LogP contribution in [0.1, 0.15) is 5.82 Å². The standard InChI is InChI=1S/C12H14FN3O3S/c1-19-11-3-2-9(8-10(11)13)20(17,18)16-5-4-12-14-6-7-15-12/h2-3,6-8,16H,4-5H2,1H3,(H,14,15). The monoisotopic (exact) mass is 299 g/mol. The van der Waals surface area contributed by atoms with Gasteiger partial charge in [-0.1, -0.05) is 0 Å². The van der Waals surface area contributed by atoms with E-state index in [1.165, 1.54) is 19.2 Å². The third kappa shape index (κ3) is 3.34. The average Bonchev–Trinajstić information content (AvgIpc) is 2.91. The van der Waals surface area contributed by atoms with Crippen molar-refractivity contribution < 1.29 is 17.5 Å². The molecule has 1 aromatic carbocycles. The zero-order chi connectivity index (χ0) is 14.6. The number of ether oxygens (including phenoxy) is 1. The molecule has 8 heteroatoms. The van der Waals surface area contributed by atoms with Crippen LogP contribution < -0.4 is 9.46 Å². The van der Waals surface area contributed by atoms with Gasteiger partial charge in [0.1, 0.15) is 5.82 Å². The summed E-state index contributed by atoms with van der Waals surface area (Å²) in [7, 11) is -2.43. The van der Waals surface area contributed by atoms with Crippen LogP contribution in [-0.4, -0.2) is 32.0 Å². The molecule has 0 fully saturated rings. The first-order chi connectivity index (χ1) is 9.53. The minimum Gasteiger partial charge on any atom is -0.494 e. The van der Waals surface area contributed by atoms with Crippen LogP contribution in [-0.2, 0) is 16.4 Å². The number of methoxy groups -OCH3 is 1. The van der Waals surface area contributed by atoms with Gasteiger partial charge >= 0.3 is 0 Å². The highest BCUT2D eigenvalue weighted by Gasteiger charge is 2.16. The number of sulfonamides is 1.